The van der Waals surface area contributed by atoms with E-state index in [9.17, 15) is 9.90 Å². The predicted molar refractivity (Wildman–Crippen MR) is 63.8 cm³/mol. The zero-order valence-electron chi connectivity index (χ0n) is 11.0. The van der Waals surface area contributed by atoms with Gasteiger partial charge in [0.25, 0.3) is 0 Å². The lowest BCUT2D eigenvalue weighted by molar-refractivity contribution is -0.0676. The van der Waals surface area contributed by atoms with Gasteiger partial charge in [-0.25, -0.2) is 4.79 Å². The fourth-order valence-corrected chi connectivity index (χ4v) is 1.73. The monoisotopic (exact) mass is 245 g/mol. The second kappa shape index (κ2) is 5.69. The second-order valence-corrected chi connectivity index (χ2v) is 5.42. The molecule has 2 N–H and O–H groups in total. The number of aliphatic hydroxyl groups excluding tert-OH is 1. The van der Waals surface area contributed by atoms with Crippen molar-refractivity contribution in [2.75, 3.05) is 6.61 Å². The molecule has 1 rings (SSSR count). The zero-order valence-corrected chi connectivity index (χ0v) is 11.0. The number of carbonyl (C=O) groups excluding carboxylic acids is 1. The molecule has 1 amide bonds. The molecule has 0 aliphatic carbocycles. The molecule has 0 aromatic heterocycles. The van der Waals surface area contributed by atoms with Crippen LogP contribution >= 0.6 is 0 Å². The minimum absolute atomic E-state index is 0.0849. The average Bonchev–Trinajstić information content (AvgIpc) is 2.18. The minimum atomic E-state index is -0.568. The van der Waals surface area contributed by atoms with Gasteiger partial charge in [0.1, 0.15) is 5.60 Å². The van der Waals surface area contributed by atoms with Crippen LogP contribution in [0.5, 0.6) is 0 Å². The van der Waals surface area contributed by atoms with Crippen molar-refractivity contribution in [3.63, 3.8) is 0 Å². The molecule has 0 aromatic rings. The maximum Gasteiger partial charge on any atom is 0.408 e. The molecule has 100 valence electrons. The molecule has 0 unspecified atom stereocenters. The highest BCUT2D eigenvalue weighted by molar-refractivity contribution is 5.68. The average molecular weight is 245 g/mol. The topological polar surface area (TPSA) is 67.8 Å². The zero-order chi connectivity index (χ0) is 13.1. The number of alkyl carbamates (subject to hydrolysis) is 1. The van der Waals surface area contributed by atoms with Crippen molar-refractivity contribution in [3.05, 3.63) is 0 Å². The number of ether oxygens (including phenoxy) is 2. The normalized spacial score (nSPS) is 29.8. The van der Waals surface area contributed by atoms with Crippen molar-refractivity contribution in [2.24, 2.45) is 0 Å². The van der Waals surface area contributed by atoms with Crippen molar-refractivity contribution < 1.29 is 19.4 Å². The van der Waals surface area contributed by atoms with E-state index in [0.717, 1.165) is 6.42 Å². The van der Waals surface area contributed by atoms with Crippen LogP contribution in [-0.2, 0) is 9.47 Å². The Labute approximate surface area is 102 Å². The SMILES string of the molecule is CC[C@@H]1C[C@@H](O)[C@@H](NC(=O)OC(C)(C)C)CO1. The van der Waals surface area contributed by atoms with Gasteiger partial charge in [0.2, 0.25) is 0 Å². The van der Waals surface area contributed by atoms with Crippen LogP contribution in [0.2, 0.25) is 0 Å². The summed E-state index contributed by atoms with van der Waals surface area (Å²) in [6.07, 6.45) is 0.427. The van der Waals surface area contributed by atoms with Crippen LogP contribution in [0.1, 0.15) is 40.5 Å². The highest BCUT2D eigenvalue weighted by Gasteiger charge is 2.31. The van der Waals surface area contributed by atoms with Crippen molar-refractivity contribution >= 4 is 6.09 Å². The lowest BCUT2D eigenvalue weighted by Gasteiger charge is -2.33. The molecule has 1 heterocycles. The van der Waals surface area contributed by atoms with E-state index in [1.165, 1.54) is 0 Å². The van der Waals surface area contributed by atoms with Crippen molar-refractivity contribution in [1.82, 2.24) is 5.32 Å². The molecule has 1 fully saturated rings. The number of hydrogen-bond acceptors (Lipinski definition) is 4. The van der Waals surface area contributed by atoms with Gasteiger partial charge >= 0.3 is 6.09 Å². The number of carbonyl (C=O) groups is 1. The van der Waals surface area contributed by atoms with E-state index < -0.39 is 17.8 Å². The Bertz CT molecular complexity index is 262. The Morgan fingerprint density at radius 1 is 1.53 bits per heavy atom. The van der Waals surface area contributed by atoms with Crippen molar-refractivity contribution in [1.29, 1.82) is 0 Å². The Morgan fingerprint density at radius 3 is 2.65 bits per heavy atom. The summed E-state index contributed by atoms with van der Waals surface area (Å²) >= 11 is 0. The van der Waals surface area contributed by atoms with E-state index in [2.05, 4.69) is 5.32 Å². The van der Waals surface area contributed by atoms with Gasteiger partial charge in [-0.3, -0.25) is 0 Å². The lowest BCUT2D eigenvalue weighted by Crippen LogP contribution is -2.52. The first-order valence-corrected chi connectivity index (χ1v) is 6.11. The third-order valence-corrected chi connectivity index (χ3v) is 2.64. The molecule has 0 saturated carbocycles. The largest absolute Gasteiger partial charge is 0.444 e. The summed E-state index contributed by atoms with van der Waals surface area (Å²) in [7, 11) is 0. The summed E-state index contributed by atoms with van der Waals surface area (Å²) in [4.78, 5) is 11.5. The van der Waals surface area contributed by atoms with E-state index in [1.807, 2.05) is 6.92 Å². The van der Waals surface area contributed by atoms with Crippen LogP contribution in [0, 0.1) is 0 Å². The highest BCUT2D eigenvalue weighted by Crippen LogP contribution is 2.17. The van der Waals surface area contributed by atoms with E-state index in [0.29, 0.717) is 13.0 Å². The first-order valence-electron chi connectivity index (χ1n) is 6.11. The third-order valence-electron chi connectivity index (χ3n) is 2.64. The molecule has 5 nitrogen and oxygen atoms in total. The van der Waals surface area contributed by atoms with Crippen LogP contribution in [0.3, 0.4) is 0 Å². The Hall–Kier alpha value is -0.810. The van der Waals surface area contributed by atoms with Crippen LogP contribution in [-0.4, -0.2) is 41.7 Å². The molecule has 1 aliphatic rings. The summed E-state index contributed by atoms with van der Waals surface area (Å²) in [6, 6.07) is -0.382. The molecule has 1 aliphatic heterocycles. The van der Waals surface area contributed by atoms with E-state index >= 15 is 0 Å². The number of hydrogen-bond donors (Lipinski definition) is 2. The van der Waals surface area contributed by atoms with Crippen LogP contribution in [0.15, 0.2) is 0 Å². The Kier molecular flexibility index (Phi) is 4.77. The number of nitrogens with one attached hydrogen (secondary N) is 1. The molecule has 1 saturated heterocycles. The smallest absolute Gasteiger partial charge is 0.408 e. The lowest BCUT2D eigenvalue weighted by atomic mass is 10.0. The van der Waals surface area contributed by atoms with Crippen LogP contribution in [0.25, 0.3) is 0 Å². The Morgan fingerprint density at radius 2 is 2.18 bits per heavy atom. The number of amides is 1. The van der Waals surface area contributed by atoms with Crippen LogP contribution in [0.4, 0.5) is 4.79 Å². The highest BCUT2D eigenvalue weighted by atomic mass is 16.6. The number of rotatable bonds is 2. The van der Waals surface area contributed by atoms with Gasteiger partial charge < -0.3 is 19.9 Å². The number of aliphatic hydroxyl groups is 1. The molecular formula is C12H23NO4. The minimum Gasteiger partial charge on any atom is -0.444 e. The molecule has 0 radical (unpaired) electrons. The standard InChI is InChI=1S/C12H23NO4/c1-5-8-6-10(14)9(7-16-8)13-11(15)17-12(2,3)4/h8-10,14H,5-7H2,1-4H3,(H,13,15)/t8-,9+,10-/m1/s1. The van der Waals surface area contributed by atoms with Crippen LogP contribution < -0.4 is 5.32 Å². The molecule has 0 aromatic carbocycles. The quantitative estimate of drug-likeness (QED) is 0.772. The fraction of sp³-hybridized carbons (Fsp3) is 0.917. The van der Waals surface area contributed by atoms with Gasteiger partial charge in [-0.2, -0.15) is 0 Å². The molecule has 0 spiro atoms. The van der Waals surface area contributed by atoms with Crippen molar-refractivity contribution in [3.8, 4) is 0 Å². The van der Waals surface area contributed by atoms with Gasteiger partial charge in [-0.15, -0.1) is 0 Å². The summed E-state index contributed by atoms with van der Waals surface area (Å²) in [5.74, 6) is 0. The summed E-state index contributed by atoms with van der Waals surface area (Å²) in [5, 5.41) is 12.5. The summed E-state index contributed by atoms with van der Waals surface area (Å²) in [6.45, 7) is 7.74. The van der Waals surface area contributed by atoms with Gasteiger partial charge in [0.05, 0.1) is 24.9 Å². The summed E-state index contributed by atoms with van der Waals surface area (Å²) in [5.41, 5.74) is -0.531. The maximum atomic E-state index is 11.5. The molecule has 3 atom stereocenters. The fourth-order valence-electron chi connectivity index (χ4n) is 1.73. The van der Waals surface area contributed by atoms with E-state index in [4.69, 9.17) is 9.47 Å². The Balaban J connectivity index is 2.40. The van der Waals surface area contributed by atoms with Crippen molar-refractivity contribution in [2.45, 2.75) is 64.4 Å². The third kappa shape index (κ3) is 4.91. The first-order chi connectivity index (χ1) is 7.81. The maximum absolute atomic E-state index is 11.5. The predicted octanol–water partition coefficient (Wildman–Crippen LogP) is 1.44. The van der Waals surface area contributed by atoms with E-state index in [1.54, 1.807) is 20.8 Å². The van der Waals surface area contributed by atoms with E-state index in [-0.39, 0.29) is 12.1 Å². The molecular weight excluding hydrogens is 222 g/mol. The van der Waals surface area contributed by atoms with Gasteiger partial charge in [-0.1, -0.05) is 6.92 Å². The molecule has 17 heavy (non-hydrogen) atoms. The molecule has 5 heteroatoms. The van der Waals surface area contributed by atoms with Gasteiger partial charge in [-0.05, 0) is 27.2 Å². The molecule has 0 bridgehead atoms. The first kappa shape index (κ1) is 14.3. The van der Waals surface area contributed by atoms with Gasteiger partial charge in [0.15, 0.2) is 0 Å². The summed E-state index contributed by atoms with van der Waals surface area (Å²) < 4.78 is 10.6. The second-order valence-electron chi connectivity index (χ2n) is 5.42. The van der Waals surface area contributed by atoms with Gasteiger partial charge in [0, 0.05) is 6.42 Å².